The molecule has 0 bridgehead atoms. The van der Waals surface area contributed by atoms with Crippen LogP contribution in [0.1, 0.15) is 103 Å². The first-order valence-corrected chi connectivity index (χ1v) is 13.0. The normalized spacial score (nSPS) is 15.0. The number of phenolic OH excluding ortho intramolecular Hbond substituents is 1. The van der Waals surface area contributed by atoms with E-state index in [1.165, 1.54) is 29.3 Å². The van der Waals surface area contributed by atoms with Crippen molar-refractivity contribution in [1.29, 1.82) is 0 Å². The fourth-order valence-electron chi connectivity index (χ4n) is 4.21. The monoisotopic (exact) mass is 453 g/mol. The van der Waals surface area contributed by atoms with Gasteiger partial charge in [-0.3, -0.25) is 4.99 Å². The van der Waals surface area contributed by atoms with Gasteiger partial charge in [0.05, 0.1) is 0 Å². The van der Waals surface area contributed by atoms with Gasteiger partial charge in [-0.05, 0) is 39.2 Å². The summed E-state index contributed by atoms with van der Waals surface area (Å²) in [5, 5.41) is 12.8. The first-order valence-electron chi connectivity index (χ1n) is 12.0. The molecule has 0 saturated heterocycles. The predicted molar refractivity (Wildman–Crippen MR) is 145 cm³/mol. The Balaban J connectivity index is 2.74. The Morgan fingerprint density at radius 2 is 1.53 bits per heavy atom. The second kappa shape index (κ2) is 10.5. The first kappa shape index (κ1) is 26.6. The summed E-state index contributed by atoms with van der Waals surface area (Å²) in [6.07, 6.45) is 6.58. The summed E-state index contributed by atoms with van der Waals surface area (Å²) in [4.78, 5) is 4.29. The maximum Gasteiger partial charge on any atom is 0.123 e. The van der Waals surface area contributed by atoms with Gasteiger partial charge in [0.15, 0.2) is 0 Å². The molecule has 2 aromatic carbocycles. The van der Waals surface area contributed by atoms with E-state index in [0.29, 0.717) is 14.3 Å². The van der Waals surface area contributed by atoms with Crippen molar-refractivity contribution in [3.8, 4) is 5.75 Å². The highest BCUT2D eigenvalue weighted by atomic mass is 31.1. The van der Waals surface area contributed by atoms with Gasteiger partial charge in [0.2, 0.25) is 0 Å². The fourth-order valence-corrected chi connectivity index (χ4v) is 5.91. The lowest BCUT2D eigenvalue weighted by Crippen LogP contribution is -2.25. The summed E-state index contributed by atoms with van der Waals surface area (Å²) in [6.45, 7) is 18.0. The van der Waals surface area contributed by atoms with Gasteiger partial charge in [-0.25, -0.2) is 0 Å². The van der Waals surface area contributed by atoms with Crippen LogP contribution in [0.2, 0.25) is 0 Å². The second-order valence-corrected chi connectivity index (χ2v) is 13.2. The van der Waals surface area contributed by atoms with Gasteiger partial charge in [0.1, 0.15) is 5.75 Å². The van der Waals surface area contributed by atoms with Crippen molar-refractivity contribution in [3.05, 3.63) is 58.7 Å². The molecule has 2 nitrogen and oxygen atoms in total. The molecule has 0 aromatic heterocycles. The number of unbranched alkanes of at least 4 members (excludes halogenated alkanes) is 2. The van der Waals surface area contributed by atoms with Gasteiger partial charge in [0.25, 0.3) is 0 Å². The predicted octanol–water partition coefficient (Wildman–Crippen LogP) is 7.84. The van der Waals surface area contributed by atoms with E-state index in [9.17, 15) is 5.11 Å². The van der Waals surface area contributed by atoms with Crippen LogP contribution in [0.3, 0.4) is 0 Å². The van der Waals surface area contributed by atoms with Crippen LogP contribution in [-0.2, 0) is 16.0 Å². The quantitative estimate of drug-likeness (QED) is 0.246. The number of hydrogen-bond donors (Lipinski definition) is 1. The van der Waals surface area contributed by atoms with Crippen LogP contribution in [0.5, 0.6) is 5.75 Å². The van der Waals surface area contributed by atoms with Crippen LogP contribution in [0.15, 0.2) is 41.4 Å². The van der Waals surface area contributed by atoms with E-state index in [1.54, 1.807) is 0 Å². The van der Waals surface area contributed by atoms with Crippen LogP contribution < -0.4 is 5.30 Å². The topological polar surface area (TPSA) is 32.6 Å². The Hall–Kier alpha value is -1.66. The van der Waals surface area contributed by atoms with Crippen LogP contribution in [0, 0.1) is 0 Å². The Bertz CT molecular complexity index is 933. The summed E-state index contributed by atoms with van der Waals surface area (Å²) in [6, 6.07) is 13.1. The van der Waals surface area contributed by atoms with Gasteiger partial charge in [-0.15, -0.1) is 0 Å². The average Bonchev–Trinajstić information content (AvgIpc) is 2.68. The molecule has 0 amide bonds. The van der Waals surface area contributed by atoms with E-state index in [1.807, 2.05) is 13.3 Å². The SMILES string of the molecule is CCCCCC(C)(Pc1ccccc1C=NC)c1cc(C(C)(C)C)cc(C(C)(C)C)c1O. The highest BCUT2D eigenvalue weighted by Gasteiger charge is 2.34. The lowest BCUT2D eigenvalue weighted by Gasteiger charge is -2.36. The number of nitrogens with zero attached hydrogens (tertiary/aromatic N) is 1. The zero-order valence-corrected chi connectivity index (χ0v) is 22.8. The van der Waals surface area contributed by atoms with Crippen molar-refractivity contribution in [2.75, 3.05) is 7.05 Å². The lowest BCUT2D eigenvalue weighted by molar-refractivity contribution is 0.424. The van der Waals surface area contributed by atoms with E-state index >= 15 is 0 Å². The minimum absolute atomic E-state index is 0.0165. The van der Waals surface area contributed by atoms with Crippen molar-refractivity contribution in [3.63, 3.8) is 0 Å². The van der Waals surface area contributed by atoms with Crippen LogP contribution in [-0.4, -0.2) is 18.4 Å². The molecule has 2 aromatic rings. The molecular formula is C29H44NOP. The molecule has 3 heteroatoms. The van der Waals surface area contributed by atoms with E-state index in [4.69, 9.17) is 0 Å². The van der Waals surface area contributed by atoms with Crippen molar-refractivity contribution in [1.82, 2.24) is 0 Å². The van der Waals surface area contributed by atoms with Gasteiger partial charge in [0, 0.05) is 24.0 Å². The Kier molecular flexibility index (Phi) is 8.74. The molecular weight excluding hydrogens is 409 g/mol. The molecule has 0 aliphatic carbocycles. The molecule has 176 valence electrons. The van der Waals surface area contributed by atoms with Crippen molar-refractivity contribution < 1.29 is 5.11 Å². The summed E-state index contributed by atoms with van der Waals surface area (Å²) < 4.78 is 0. The average molecular weight is 454 g/mol. The number of rotatable bonds is 8. The number of aliphatic imine (C=N–C) groups is 1. The number of hydrogen-bond acceptors (Lipinski definition) is 2. The van der Waals surface area contributed by atoms with E-state index in [0.717, 1.165) is 24.0 Å². The number of benzene rings is 2. The molecule has 2 unspecified atom stereocenters. The van der Waals surface area contributed by atoms with E-state index in [-0.39, 0.29) is 16.0 Å². The first-order chi connectivity index (χ1) is 14.8. The maximum atomic E-state index is 11.6. The van der Waals surface area contributed by atoms with Crippen LogP contribution in [0.4, 0.5) is 0 Å². The highest BCUT2D eigenvalue weighted by Crippen LogP contribution is 2.51. The highest BCUT2D eigenvalue weighted by molar-refractivity contribution is 7.48. The fraction of sp³-hybridized carbons (Fsp3) is 0.552. The summed E-state index contributed by atoms with van der Waals surface area (Å²) in [5.74, 6) is 0.485. The molecule has 0 aliphatic rings. The van der Waals surface area contributed by atoms with Crippen molar-refractivity contribution in [2.45, 2.75) is 97.1 Å². The Labute approximate surface area is 198 Å². The van der Waals surface area contributed by atoms with E-state index in [2.05, 4.69) is 96.8 Å². The van der Waals surface area contributed by atoms with Crippen molar-refractivity contribution in [2.24, 2.45) is 4.99 Å². The number of phenols is 1. The summed E-state index contributed by atoms with van der Waals surface area (Å²) in [7, 11) is 2.38. The summed E-state index contributed by atoms with van der Waals surface area (Å²) in [5.41, 5.74) is 4.52. The molecule has 0 spiro atoms. The maximum absolute atomic E-state index is 11.6. The van der Waals surface area contributed by atoms with Crippen molar-refractivity contribution >= 4 is 20.1 Å². The van der Waals surface area contributed by atoms with Crippen LogP contribution in [0.25, 0.3) is 0 Å². The zero-order chi connectivity index (χ0) is 24.2. The molecule has 1 N–H and O–H groups in total. The van der Waals surface area contributed by atoms with Gasteiger partial charge in [-0.1, -0.05) is 120 Å². The number of aromatic hydroxyl groups is 1. The molecule has 0 fully saturated rings. The minimum Gasteiger partial charge on any atom is -0.507 e. The second-order valence-electron chi connectivity index (χ2n) is 11.3. The lowest BCUT2D eigenvalue weighted by atomic mass is 9.77. The molecule has 0 heterocycles. The summed E-state index contributed by atoms with van der Waals surface area (Å²) >= 11 is 0. The van der Waals surface area contributed by atoms with Gasteiger partial charge >= 0.3 is 0 Å². The Morgan fingerprint density at radius 3 is 2.09 bits per heavy atom. The third-order valence-electron chi connectivity index (χ3n) is 6.30. The zero-order valence-electron chi connectivity index (χ0n) is 21.8. The molecule has 0 saturated carbocycles. The van der Waals surface area contributed by atoms with Gasteiger partial charge in [-0.2, -0.15) is 0 Å². The molecule has 2 atom stereocenters. The smallest absolute Gasteiger partial charge is 0.123 e. The third kappa shape index (κ3) is 6.44. The standard InChI is InChI=1S/C29H44NOP/c1-10-11-14-17-29(8,32-25-16-13-12-15-21(25)20-30-9)24-19-22(27(2,3)4)18-23(26(24)31)28(5,6)7/h12-13,15-16,18-20,31-32H,10-11,14,17H2,1-9H3. The molecule has 0 radical (unpaired) electrons. The minimum atomic E-state index is -0.141. The van der Waals surface area contributed by atoms with Gasteiger partial charge < -0.3 is 5.11 Å². The molecule has 0 aliphatic heterocycles. The molecule has 2 rings (SSSR count). The largest absolute Gasteiger partial charge is 0.507 e. The third-order valence-corrected chi connectivity index (χ3v) is 8.09. The Morgan fingerprint density at radius 1 is 0.906 bits per heavy atom. The molecule has 32 heavy (non-hydrogen) atoms. The van der Waals surface area contributed by atoms with Crippen LogP contribution >= 0.6 is 8.58 Å². The van der Waals surface area contributed by atoms with E-state index < -0.39 is 0 Å².